The number of rotatable bonds is 3. The second kappa shape index (κ2) is 6.03. The van der Waals surface area contributed by atoms with Crippen LogP contribution in [0.3, 0.4) is 0 Å². The van der Waals surface area contributed by atoms with E-state index in [0.29, 0.717) is 0 Å². The predicted octanol–water partition coefficient (Wildman–Crippen LogP) is 4.57. The number of benzene rings is 2. The largest absolute Gasteiger partial charge is 0.371 e. The van der Waals surface area contributed by atoms with E-state index in [1.54, 1.807) is 11.1 Å². The topological polar surface area (TPSA) is 16.1 Å². The molecule has 2 aromatic carbocycles. The summed E-state index contributed by atoms with van der Waals surface area (Å²) < 4.78 is 0. The van der Waals surface area contributed by atoms with Gasteiger partial charge in [0.2, 0.25) is 0 Å². The Morgan fingerprint density at radius 3 is 2.28 bits per heavy atom. The lowest BCUT2D eigenvalue weighted by Gasteiger charge is -2.29. The molecule has 5 rings (SSSR count). The van der Waals surface area contributed by atoms with Crippen molar-refractivity contribution >= 4 is 5.69 Å². The smallest absolute Gasteiger partial charge is 0.0432 e. The second-order valence-corrected chi connectivity index (χ2v) is 7.15. The molecule has 0 aliphatic carbocycles. The van der Waals surface area contributed by atoms with Crippen LogP contribution in [0.5, 0.6) is 0 Å². The van der Waals surface area contributed by atoms with Crippen molar-refractivity contribution in [1.29, 1.82) is 0 Å². The maximum Gasteiger partial charge on any atom is 0.0432 e. The van der Waals surface area contributed by atoms with Crippen molar-refractivity contribution in [2.75, 3.05) is 18.0 Å². The van der Waals surface area contributed by atoms with Gasteiger partial charge in [-0.05, 0) is 59.2 Å². The number of pyridine rings is 1. The fraction of sp³-hybridized carbons (Fsp3) is 0.261. The molecule has 2 nitrogen and oxygen atoms in total. The van der Waals surface area contributed by atoms with E-state index in [2.05, 4.69) is 64.5 Å². The number of anilines is 1. The molecule has 0 N–H and O–H groups in total. The summed E-state index contributed by atoms with van der Waals surface area (Å²) in [6.07, 6.45) is 7.49. The first-order valence-corrected chi connectivity index (χ1v) is 9.25. The van der Waals surface area contributed by atoms with Crippen LogP contribution in [0.1, 0.15) is 40.2 Å². The van der Waals surface area contributed by atoms with E-state index < -0.39 is 0 Å². The van der Waals surface area contributed by atoms with E-state index in [9.17, 15) is 0 Å². The average Bonchev–Trinajstić information content (AvgIpc) is 3.09. The van der Waals surface area contributed by atoms with Gasteiger partial charge < -0.3 is 4.90 Å². The molecule has 0 spiro atoms. The third kappa shape index (κ3) is 2.53. The van der Waals surface area contributed by atoms with Gasteiger partial charge in [-0.2, -0.15) is 0 Å². The first kappa shape index (κ1) is 14.7. The van der Waals surface area contributed by atoms with Crippen LogP contribution in [0.15, 0.2) is 67.0 Å². The fourth-order valence-electron chi connectivity index (χ4n) is 4.57. The third-order valence-electron chi connectivity index (χ3n) is 5.64. The lowest BCUT2D eigenvalue weighted by atomic mass is 9.83. The maximum absolute atomic E-state index is 4.22. The minimum absolute atomic E-state index is 0.279. The number of aryl methyl sites for hydroxylation is 1. The average molecular weight is 326 g/mol. The summed E-state index contributed by atoms with van der Waals surface area (Å²) in [5.74, 6) is 0.279. The minimum atomic E-state index is 0.279. The summed E-state index contributed by atoms with van der Waals surface area (Å²) in [7, 11) is 0. The molecule has 1 unspecified atom stereocenters. The van der Waals surface area contributed by atoms with Crippen LogP contribution in [-0.4, -0.2) is 18.1 Å². The van der Waals surface area contributed by atoms with Gasteiger partial charge in [-0.15, -0.1) is 0 Å². The molecule has 0 radical (unpaired) electrons. The summed E-state index contributed by atoms with van der Waals surface area (Å²) in [4.78, 5) is 6.80. The van der Waals surface area contributed by atoms with Crippen LogP contribution in [0.4, 0.5) is 5.69 Å². The van der Waals surface area contributed by atoms with Crippen molar-refractivity contribution in [3.05, 3.63) is 94.8 Å². The highest BCUT2D eigenvalue weighted by Gasteiger charge is 2.28. The van der Waals surface area contributed by atoms with Crippen molar-refractivity contribution in [2.24, 2.45) is 0 Å². The van der Waals surface area contributed by atoms with E-state index in [1.165, 1.54) is 54.7 Å². The lowest BCUT2D eigenvalue weighted by molar-refractivity contribution is 0.718. The van der Waals surface area contributed by atoms with Crippen LogP contribution in [-0.2, 0) is 12.8 Å². The van der Waals surface area contributed by atoms with Gasteiger partial charge in [-0.1, -0.05) is 42.5 Å². The summed E-state index contributed by atoms with van der Waals surface area (Å²) in [6, 6.07) is 20.1. The van der Waals surface area contributed by atoms with Gasteiger partial charge in [0.15, 0.2) is 0 Å². The molecule has 124 valence electrons. The summed E-state index contributed by atoms with van der Waals surface area (Å²) in [6.45, 7) is 2.42. The van der Waals surface area contributed by atoms with Crippen LogP contribution in [0.2, 0.25) is 0 Å². The van der Waals surface area contributed by atoms with Gasteiger partial charge >= 0.3 is 0 Å². The zero-order valence-electron chi connectivity index (χ0n) is 14.4. The molecule has 3 aromatic rings. The van der Waals surface area contributed by atoms with Gasteiger partial charge in [-0.25, -0.2) is 0 Å². The van der Waals surface area contributed by atoms with Crippen molar-refractivity contribution < 1.29 is 0 Å². The SMILES string of the molecule is c1ccc(C(c2ccncc2)c2cc3c4c(c2)CCN4CCC3)cc1. The molecule has 0 saturated carbocycles. The van der Waals surface area contributed by atoms with Crippen LogP contribution < -0.4 is 4.90 Å². The van der Waals surface area contributed by atoms with E-state index >= 15 is 0 Å². The van der Waals surface area contributed by atoms with Crippen molar-refractivity contribution in [2.45, 2.75) is 25.2 Å². The Bertz CT molecular complexity index is 847. The van der Waals surface area contributed by atoms with Gasteiger partial charge in [0.25, 0.3) is 0 Å². The van der Waals surface area contributed by atoms with Gasteiger partial charge in [0.1, 0.15) is 0 Å². The standard InChI is InChI=1S/C23H22N2/c1-2-5-17(6-3-1)22(18-8-11-24-12-9-18)21-15-19-7-4-13-25-14-10-20(16-21)23(19)25/h1-3,5-6,8-9,11-12,15-16,22H,4,7,10,13-14H2. The van der Waals surface area contributed by atoms with Crippen molar-refractivity contribution in [1.82, 2.24) is 4.98 Å². The molecular formula is C23H22N2. The van der Waals surface area contributed by atoms with Crippen molar-refractivity contribution in [3.63, 3.8) is 0 Å². The molecule has 1 aromatic heterocycles. The molecule has 2 aliphatic rings. The van der Waals surface area contributed by atoms with Crippen LogP contribution in [0, 0.1) is 0 Å². The van der Waals surface area contributed by atoms with Crippen LogP contribution in [0.25, 0.3) is 0 Å². The molecule has 25 heavy (non-hydrogen) atoms. The monoisotopic (exact) mass is 326 g/mol. The molecule has 2 aliphatic heterocycles. The molecule has 0 amide bonds. The van der Waals surface area contributed by atoms with E-state index in [4.69, 9.17) is 0 Å². The van der Waals surface area contributed by atoms with E-state index in [1.807, 2.05) is 12.4 Å². The Kier molecular flexibility index (Phi) is 3.55. The number of nitrogens with zero attached hydrogens (tertiary/aromatic N) is 2. The number of hydrogen-bond donors (Lipinski definition) is 0. The second-order valence-electron chi connectivity index (χ2n) is 7.15. The Balaban J connectivity index is 1.68. The number of aromatic nitrogens is 1. The van der Waals surface area contributed by atoms with Gasteiger partial charge in [0, 0.05) is 37.1 Å². The first-order valence-electron chi connectivity index (χ1n) is 9.25. The summed E-state index contributed by atoms with van der Waals surface area (Å²) in [5, 5.41) is 0. The van der Waals surface area contributed by atoms with Crippen LogP contribution >= 0.6 is 0 Å². The molecule has 0 bridgehead atoms. The van der Waals surface area contributed by atoms with Crippen molar-refractivity contribution in [3.8, 4) is 0 Å². The first-order chi connectivity index (χ1) is 12.4. The molecule has 0 fully saturated rings. The quantitative estimate of drug-likeness (QED) is 0.701. The van der Waals surface area contributed by atoms with Gasteiger partial charge in [-0.3, -0.25) is 4.98 Å². The van der Waals surface area contributed by atoms with Gasteiger partial charge in [0.05, 0.1) is 0 Å². The summed E-state index contributed by atoms with van der Waals surface area (Å²) in [5.41, 5.74) is 8.73. The number of hydrogen-bond acceptors (Lipinski definition) is 2. The normalized spacial score (nSPS) is 16.6. The lowest BCUT2D eigenvalue weighted by Crippen LogP contribution is -2.26. The third-order valence-corrected chi connectivity index (χ3v) is 5.64. The highest BCUT2D eigenvalue weighted by atomic mass is 15.2. The molecule has 3 heterocycles. The Labute approximate surface area is 149 Å². The minimum Gasteiger partial charge on any atom is -0.371 e. The highest BCUT2D eigenvalue weighted by molar-refractivity contribution is 5.67. The Hall–Kier alpha value is -2.61. The molecule has 2 heteroatoms. The molecule has 0 saturated heterocycles. The zero-order chi connectivity index (χ0) is 16.6. The fourth-order valence-corrected chi connectivity index (χ4v) is 4.57. The van der Waals surface area contributed by atoms with E-state index in [-0.39, 0.29) is 5.92 Å². The maximum atomic E-state index is 4.22. The van der Waals surface area contributed by atoms with E-state index in [0.717, 1.165) is 0 Å². The Morgan fingerprint density at radius 1 is 0.760 bits per heavy atom. The predicted molar refractivity (Wildman–Crippen MR) is 102 cm³/mol. The molecular weight excluding hydrogens is 304 g/mol. The highest BCUT2D eigenvalue weighted by Crippen LogP contribution is 2.41. The molecule has 1 atom stereocenters. The zero-order valence-corrected chi connectivity index (χ0v) is 14.4. The summed E-state index contributed by atoms with van der Waals surface area (Å²) >= 11 is 0. The Morgan fingerprint density at radius 2 is 1.48 bits per heavy atom.